The Bertz CT molecular complexity index is 530. The van der Waals surface area contributed by atoms with Crippen molar-refractivity contribution in [1.29, 1.82) is 0 Å². The van der Waals surface area contributed by atoms with Crippen LogP contribution in [0.2, 0.25) is 0 Å². The van der Waals surface area contributed by atoms with E-state index in [9.17, 15) is 14.0 Å². The van der Waals surface area contributed by atoms with Crippen molar-refractivity contribution in [3.05, 3.63) is 24.0 Å². The fraction of sp³-hybridized carbons (Fsp3) is 0.429. The monoisotopic (exact) mass is 295 g/mol. The van der Waals surface area contributed by atoms with Crippen molar-refractivity contribution >= 4 is 23.2 Å². The zero-order valence-electron chi connectivity index (χ0n) is 11.7. The second kappa shape index (κ2) is 7.14. The molecule has 1 aliphatic rings. The third kappa shape index (κ3) is 4.80. The Balaban J connectivity index is 1.97. The predicted octanol–water partition coefficient (Wildman–Crippen LogP) is 1.10. The molecule has 2 rings (SSSR count). The first-order valence-corrected chi connectivity index (χ1v) is 6.72. The molecule has 0 bridgehead atoms. The molecule has 3 N–H and O–H groups in total. The standard InChI is InChI=1S/C14H18FN3O3/c1-9(19)17-10-2-3-12(15)13(6-10)18-14(20)7-11-8-21-5-4-16-11/h2-3,6,11,16H,4-5,7-8H2,1H3,(H,17,19)(H,18,20). The third-order valence-electron chi connectivity index (χ3n) is 2.99. The number of amides is 2. The van der Waals surface area contributed by atoms with E-state index in [4.69, 9.17) is 4.74 Å². The molecule has 6 nitrogen and oxygen atoms in total. The third-order valence-corrected chi connectivity index (χ3v) is 2.99. The summed E-state index contributed by atoms with van der Waals surface area (Å²) < 4.78 is 18.9. The number of nitrogens with one attached hydrogen (secondary N) is 3. The molecule has 1 heterocycles. The number of hydrogen-bond acceptors (Lipinski definition) is 4. The number of benzene rings is 1. The highest BCUT2D eigenvalue weighted by Crippen LogP contribution is 2.20. The van der Waals surface area contributed by atoms with E-state index in [0.717, 1.165) is 0 Å². The Morgan fingerprint density at radius 3 is 2.90 bits per heavy atom. The second-order valence-corrected chi connectivity index (χ2v) is 4.85. The lowest BCUT2D eigenvalue weighted by Gasteiger charge is -2.23. The smallest absolute Gasteiger partial charge is 0.226 e. The molecule has 0 spiro atoms. The number of ether oxygens (including phenoxy) is 1. The lowest BCUT2D eigenvalue weighted by Crippen LogP contribution is -2.43. The quantitative estimate of drug-likeness (QED) is 0.777. The van der Waals surface area contributed by atoms with Crippen LogP contribution in [-0.2, 0) is 14.3 Å². The largest absolute Gasteiger partial charge is 0.378 e. The predicted molar refractivity (Wildman–Crippen MR) is 76.6 cm³/mol. The number of morpholine rings is 1. The normalized spacial score (nSPS) is 18.1. The molecule has 1 aliphatic heterocycles. The fourth-order valence-corrected chi connectivity index (χ4v) is 2.08. The Morgan fingerprint density at radius 2 is 2.24 bits per heavy atom. The summed E-state index contributed by atoms with van der Waals surface area (Å²) in [6.45, 7) is 3.15. The van der Waals surface area contributed by atoms with E-state index in [1.807, 2.05) is 0 Å². The van der Waals surface area contributed by atoms with Gasteiger partial charge in [-0.15, -0.1) is 0 Å². The van der Waals surface area contributed by atoms with Crippen LogP contribution in [-0.4, -0.2) is 37.6 Å². The average molecular weight is 295 g/mol. The summed E-state index contributed by atoms with van der Waals surface area (Å²) in [7, 11) is 0. The first kappa shape index (κ1) is 15.4. The summed E-state index contributed by atoms with van der Waals surface area (Å²) in [6, 6.07) is 3.95. The Morgan fingerprint density at radius 1 is 1.43 bits per heavy atom. The van der Waals surface area contributed by atoms with Crippen LogP contribution in [0.3, 0.4) is 0 Å². The van der Waals surface area contributed by atoms with Gasteiger partial charge in [0.15, 0.2) is 0 Å². The van der Waals surface area contributed by atoms with Gasteiger partial charge in [-0.25, -0.2) is 4.39 Å². The van der Waals surface area contributed by atoms with E-state index in [1.54, 1.807) is 0 Å². The van der Waals surface area contributed by atoms with Crippen LogP contribution >= 0.6 is 0 Å². The van der Waals surface area contributed by atoms with E-state index in [2.05, 4.69) is 16.0 Å². The van der Waals surface area contributed by atoms with Gasteiger partial charge in [0, 0.05) is 31.6 Å². The highest BCUT2D eigenvalue weighted by molar-refractivity contribution is 5.93. The summed E-state index contributed by atoms with van der Waals surface area (Å²) in [6.07, 6.45) is 0.198. The van der Waals surface area contributed by atoms with E-state index < -0.39 is 5.82 Å². The fourth-order valence-electron chi connectivity index (χ4n) is 2.08. The first-order valence-electron chi connectivity index (χ1n) is 6.72. The van der Waals surface area contributed by atoms with Gasteiger partial charge in [0.05, 0.1) is 18.9 Å². The molecule has 0 radical (unpaired) electrons. The Kier molecular flexibility index (Phi) is 5.24. The molecule has 0 saturated carbocycles. The molecule has 1 atom stereocenters. The van der Waals surface area contributed by atoms with Crippen LogP contribution in [0, 0.1) is 5.82 Å². The zero-order chi connectivity index (χ0) is 15.2. The maximum Gasteiger partial charge on any atom is 0.226 e. The Hall–Kier alpha value is -1.99. The van der Waals surface area contributed by atoms with Crippen molar-refractivity contribution in [2.75, 3.05) is 30.4 Å². The SMILES string of the molecule is CC(=O)Nc1ccc(F)c(NC(=O)CC2COCCN2)c1. The van der Waals surface area contributed by atoms with Crippen LogP contribution in [0.5, 0.6) is 0 Å². The number of carbonyl (C=O) groups is 2. The lowest BCUT2D eigenvalue weighted by molar-refractivity contribution is -0.117. The van der Waals surface area contributed by atoms with E-state index >= 15 is 0 Å². The van der Waals surface area contributed by atoms with Gasteiger partial charge < -0.3 is 20.7 Å². The van der Waals surface area contributed by atoms with Crippen LogP contribution < -0.4 is 16.0 Å². The van der Waals surface area contributed by atoms with E-state index in [0.29, 0.717) is 25.4 Å². The van der Waals surface area contributed by atoms with Crippen LogP contribution in [0.25, 0.3) is 0 Å². The van der Waals surface area contributed by atoms with E-state index in [-0.39, 0.29) is 30.0 Å². The molecule has 0 aliphatic carbocycles. The topological polar surface area (TPSA) is 79.5 Å². The summed E-state index contributed by atoms with van der Waals surface area (Å²) in [5, 5.41) is 8.20. The minimum atomic E-state index is -0.551. The number of halogens is 1. The molecule has 7 heteroatoms. The van der Waals surface area contributed by atoms with Crippen molar-refractivity contribution < 1.29 is 18.7 Å². The van der Waals surface area contributed by atoms with Crippen LogP contribution in [0.4, 0.5) is 15.8 Å². The van der Waals surface area contributed by atoms with Crippen molar-refractivity contribution in [2.24, 2.45) is 0 Å². The molecule has 2 amide bonds. The second-order valence-electron chi connectivity index (χ2n) is 4.85. The molecule has 1 fully saturated rings. The molecule has 1 aromatic carbocycles. The van der Waals surface area contributed by atoms with Crippen molar-refractivity contribution in [3.8, 4) is 0 Å². The molecule has 114 valence electrons. The van der Waals surface area contributed by atoms with Crippen LogP contribution in [0.1, 0.15) is 13.3 Å². The van der Waals surface area contributed by atoms with Gasteiger partial charge in [-0.3, -0.25) is 9.59 Å². The number of rotatable bonds is 4. The molecular weight excluding hydrogens is 277 g/mol. The average Bonchev–Trinajstić information content (AvgIpc) is 2.43. The molecule has 1 saturated heterocycles. The minimum Gasteiger partial charge on any atom is -0.378 e. The summed E-state index contributed by atoms with van der Waals surface area (Å²) in [5.74, 6) is -1.12. The zero-order valence-corrected chi connectivity index (χ0v) is 11.7. The molecule has 21 heavy (non-hydrogen) atoms. The van der Waals surface area contributed by atoms with Crippen molar-refractivity contribution in [2.45, 2.75) is 19.4 Å². The van der Waals surface area contributed by atoms with Gasteiger partial charge in [-0.1, -0.05) is 0 Å². The van der Waals surface area contributed by atoms with Gasteiger partial charge >= 0.3 is 0 Å². The minimum absolute atomic E-state index is 0.0444. The molecule has 1 aromatic rings. The lowest BCUT2D eigenvalue weighted by atomic mass is 10.2. The van der Waals surface area contributed by atoms with Gasteiger partial charge in [0.1, 0.15) is 5.82 Å². The molecular formula is C14H18FN3O3. The summed E-state index contributed by atoms with van der Waals surface area (Å²) >= 11 is 0. The van der Waals surface area contributed by atoms with Crippen LogP contribution in [0.15, 0.2) is 18.2 Å². The summed E-state index contributed by atoms with van der Waals surface area (Å²) in [5.41, 5.74) is 0.473. The number of carbonyl (C=O) groups excluding carboxylic acids is 2. The van der Waals surface area contributed by atoms with Gasteiger partial charge in [0.25, 0.3) is 0 Å². The van der Waals surface area contributed by atoms with Crippen molar-refractivity contribution in [3.63, 3.8) is 0 Å². The highest BCUT2D eigenvalue weighted by Gasteiger charge is 2.17. The summed E-state index contributed by atoms with van der Waals surface area (Å²) in [4.78, 5) is 22.9. The van der Waals surface area contributed by atoms with Gasteiger partial charge in [-0.2, -0.15) is 0 Å². The maximum atomic E-state index is 13.7. The van der Waals surface area contributed by atoms with Gasteiger partial charge in [-0.05, 0) is 18.2 Å². The molecule has 1 unspecified atom stereocenters. The molecule has 0 aromatic heterocycles. The van der Waals surface area contributed by atoms with Crippen molar-refractivity contribution in [1.82, 2.24) is 5.32 Å². The maximum absolute atomic E-state index is 13.7. The number of hydrogen-bond donors (Lipinski definition) is 3. The van der Waals surface area contributed by atoms with E-state index in [1.165, 1.54) is 25.1 Å². The Labute approximate surface area is 122 Å². The highest BCUT2D eigenvalue weighted by atomic mass is 19.1. The van der Waals surface area contributed by atoms with Gasteiger partial charge in [0.2, 0.25) is 11.8 Å². The number of anilines is 2. The first-order chi connectivity index (χ1) is 10.0.